The van der Waals surface area contributed by atoms with Gasteiger partial charge in [0.2, 0.25) is 0 Å². The highest BCUT2D eigenvalue weighted by molar-refractivity contribution is 8.19. The van der Waals surface area contributed by atoms with E-state index in [0.29, 0.717) is 6.54 Å². The number of hydroxylamine groups is 2. The maximum absolute atomic E-state index is 11.1. The summed E-state index contributed by atoms with van der Waals surface area (Å²) in [5.74, 6) is 0. The van der Waals surface area contributed by atoms with Crippen molar-refractivity contribution in [3.05, 3.63) is 26.9 Å². The first kappa shape index (κ1) is 7.39. The van der Waals surface area contributed by atoms with E-state index in [2.05, 4.69) is 0 Å². The quantitative estimate of drug-likeness (QED) is 0.618. The largest absolute Gasteiger partial charge is 0.758 e. The topological polar surface area (TPSA) is 52.3 Å². The minimum Gasteiger partial charge on any atom is -0.758 e. The van der Waals surface area contributed by atoms with E-state index in [1.54, 1.807) is 23.5 Å². The summed E-state index contributed by atoms with van der Waals surface area (Å²) in [6, 6.07) is 0. The summed E-state index contributed by atoms with van der Waals surface area (Å²) in [6.45, 7) is 0.342. The molecule has 0 atom stereocenters. The molecule has 3 nitrogen and oxygen atoms in total. The third-order valence-corrected chi connectivity index (χ3v) is 3.74. The van der Waals surface area contributed by atoms with E-state index in [1.807, 2.05) is 5.41 Å². The van der Waals surface area contributed by atoms with Crippen LogP contribution < -0.4 is 5.73 Å². The number of thioether (sulfide) groups is 2. The number of fused-ring (bicyclic) bond motifs is 1. The van der Waals surface area contributed by atoms with Gasteiger partial charge in [-0.05, 0) is 5.41 Å². The predicted octanol–water partition coefficient (Wildman–Crippen LogP) is 1.25. The van der Waals surface area contributed by atoms with Crippen molar-refractivity contribution < 1.29 is 0 Å². The Labute approximate surface area is 73.3 Å². The third-order valence-electron chi connectivity index (χ3n) is 1.57. The molecule has 0 bridgehead atoms. The number of hydrogen-bond acceptors (Lipinski definition) is 5. The molecule has 2 rings (SSSR count). The van der Waals surface area contributed by atoms with Crippen LogP contribution in [0.5, 0.6) is 0 Å². The van der Waals surface area contributed by atoms with Gasteiger partial charge in [-0.3, -0.25) is 0 Å². The number of nitrogens with zero attached hydrogens (tertiary/aromatic N) is 1. The number of hydrogen-bond donors (Lipinski definition) is 1. The Kier molecular flexibility index (Phi) is 1.78. The van der Waals surface area contributed by atoms with Gasteiger partial charge in [-0.1, -0.05) is 0 Å². The Bertz CT molecular complexity index is 249. The van der Waals surface area contributed by atoms with Crippen molar-refractivity contribution in [1.82, 2.24) is 5.06 Å². The minimum atomic E-state index is 0.342. The lowest BCUT2D eigenvalue weighted by molar-refractivity contribution is 0.549. The Morgan fingerprint density at radius 3 is 3.18 bits per heavy atom. The molecule has 2 aliphatic heterocycles. The molecule has 0 aromatic carbocycles. The van der Waals surface area contributed by atoms with Gasteiger partial charge in [0.25, 0.3) is 0 Å². The average Bonchev–Trinajstić information content (AvgIpc) is 2.30. The second-order valence-corrected chi connectivity index (χ2v) is 4.53. The molecule has 11 heavy (non-hydrogen) atoms. The highest BCUT2D eigenvalue weighted by Crippen LogP contribution is 2.40. The van der Waals surface area contributed by atoms with E-state index in [1.165, 1.54) is 0 Å². The fraction of sp³-hybridized carbons (Fsp3) is 0.333. The lowest BCUT2D eigenvalue weighted by Crippen LogP contribution is -2.13. The van der Waals surface area contributed by atoms with Gasteiger partial charge in [-0.25, -0.2) is 0 Å². The van der Waals surface area contributed by atoms with Gasteiger partial charge in [-0.15, -0.1) is 23.5 Å². The molecule has 0 saturated carbocycles. The highest BCUT2D eigenvalue weighted by Gasteiger charge is 2.22. The Morgan fingerprint density at radius 2 is 2.45 bits per heavy atom. The van der Waals surface area contributed by atoms with E-state index < -0.39 is 0 Å². The highest BCUT2D eigenvalue weighted by atomic mass is 32.2. The van der Waals surface area contributed by atoms with Crippen LogP contribution in [0.2, 0.25) is 0 Å². The van der Waals surface area contributed by atoms with Crippen LogP contribution in [0.4, 0.5) is 0 Å². The lowest BCUT2D eigenvalue weighted by atomic mass is 10.4. The molecule has 60 valence electrons. The molecule has 2 heterocycles. The van der Waals surface area contributed by atoms with Crippen LogP contribution in [-0.4, -0.2) is 16.7 Å². The van der Waals surface area contributed by atoms with Crippen LogP contribution in [0.1, 0.15) is 0 Å². The van der Waals surface area contributed by atoms with Crippen molar-refractivity contribution in [2.24, 2.45) is 5.73 Å². The smallest absolute Gasteiger partial charge is 0.0518 e. The fourth-order valence-corrected chi connectivity index (χ4v) is 3.12. The molecule has 0 unspecified atom stereocenters. The Hall–Kier alpha value is -0.260. The van der Waals surface area contributed by atoms with Crippen molar-refractivity contribution in [1.29, 1.82) is 0 Å². The SMILES string of the molecule is NC1=C2SCSC=C2N([O-])C1. The van der Waals surface area contributed by atoms with Gasteiger partial charge in [0.05, 0.1) is 4.91 Å². The summed E-state index contributed by atoms with van der Waals surface area (Å²) in [6.07, 6.45) is 0. The summed E-state index contributed by atoms with van der Waals surface area (Å²) in [7, 11) is 0. The molecule has 0 fully saturated rings. The van der Waals surface area contributed by atoms with Crippen molar-refractivity contribution >= 4 is 23.5 Å². The van der Waals surface area contributed by atoms with Gasteiger partial charge in [-0.2, -0.15) is 0 Å². The van der Waals surface area contributed by atoms with Gasteiger partial charge >= 0.3 is 0 Å². The summed E-state index contributed by atoms with van der Waals surface area (Å²) in [4.78, 5) is 0.985. The average molecular weight is 187 g/mol. The standard InChI is InChI=1S/C6H7N2OS2/c7-4-1-8(9)5-2-10-3-11-6(4)5/h2H,1,3,7H2/q-1. The van der Waals surface area contributed by atoms with E-state index >= 15 is 0 Å². The van der Waals surface area contributed by atoms with E-state index in [0.717, 1.165) is 26.4 Å². The molecular formula is C6H7N2OS2-. The summed E-state index contributed by atoms with van der Waals surface area (Å²) >= 11 is 3.30. The van der Waals surface area contributed by atoms with Crippen LogP contribution >= 0.6 is 23.5 Å². The normalized spacial score (nSPS) is 23.7. The lowest BCUT2D eigenvalue weighted by Gasteiger charge is -2.28. The molecule has 0 saturated heterocycles. The van der Waals surface area contributed by atoms with E-state index in [9.17, 15) is 5.21 Å². The number of nitrogens with two attached hydrogens (primary N) is 1. The predicted molar refractivity (Wildman–Crippen MR) is 49.4 cm³/mol. The van der Waals surface area contributed by atoms with Crippen LogP contribution in [0.3, 0.4) is 0 Å². The molecule has 0 aliphatic carbocycles. The Morgan fingerprint density at radius 1 is 1.64 bits per heavy atom. The minimum absolute atomic E-state index is 0.342. The van der Waals surface area contributed by atoms with Crippen molar-refractivity contribution in [3.63, 3.8) is 0 Å². The zero-order valence-corrected chi connectivity index (χ0v) is 7.37. The second-order valence-electron chi connectivity index (χ2n) is 2.32. The monoisotopic (exact) mass is 187 g/mol. The number of rotatable bonds is 0. The van der Waals surface area contributed by atoms with Crippen LogP contribution in [0.15, 0.2) is 21.7 Å². The third kappa shape index (κ3) is 1.13. The zero-order valence-electron chi connectivity index (χ0n) is 5.74. The first-order valence-corrected chi connectivity index (χ1v) is 5.20. The Balaban J connectivity index is 2.38. The van der Waals surface area contributed by atoms with E-state index in [4.69, 9.17) is 5.73 Å². The zero-order chi connectivity index (χ0) is 7.84. The second kappa shape index (κ2) is 2.66. The summed E-state index contributed by atoms with van der Waals surface area (Å²) in [5, 5.41) is 14.9. The maximum atomic E-state index is 11.1. The molecular weight excluding hydrogens is 180 g/mol. The maximum Gasteiger partial charge on any atom is 0.0518 e. The summed E-state index contributed by atoms with van der Waals surface area (Å²) < 4.78 is 0. The molecule has 0 radical (unpaired) electrons. The van der Waals surface area contributed by atoms with Crippen molar-refractivity contribution in [2.45, 2.75) is 0 Å². The molecule has 0 spiro atoms. The van der Waals surface area contributed by atoms with Crippen LogP contribution in [-0.2, 0) is 0 Å². The van der Waals surface area contributed by atoms with Crippen molar-refractivity contribution in [2.75, 3.05) is 11.6 Å². The molecule has 0 aromatic heterocycles. The van der Waals surface area contributed by atoms with Crippen molar-refractivity contribution in [3.8, 4) is 0 Å². The molecule has 0 amide bonds. The van der Waals surface area contributed by atoms with E-state index in [-0.39, 0.29) is 0 Å². The van der Waals surface area contributed by atoms with Crippen LogP contribution in [0.25, 0.3) is 0 Å². The van der Waals surface area contributed by atoms with Gasteiger partial charge in [0, 0.05) is 23.0 Å². The molecule has 0 aromatic rings. The summed E-state index contributed by atoms with van der Waals surface area (Å²) in [5.41, 5.74) is 7.12. The molecule has 5 heteroatoms. The van der Waals surface area contributed by atoms with Gasteiger partial charge in [0.1, 0.15) is 0 Å². The first-order valence-electron chi connectivity index (χ1n) is 3.17. The van der Waals surface area contributed by atoms with Gasteiger partial charge in [0.15, 0.2) is 0 Å². The fourth-order valence-electron chi connectivity index (χ4n) is 1.07. The molecule has 2 aliphatic rings. The van der Waals surface area contributed by atoms with Crippen LogP contribution in [0, 0.1) is 5.21 Å². The first-order chi connectivity index (χ1) is 5.29. The van der Waals surface area contributed by atoms with Gasteiger partial charge < -0.3 is 16.0 Å². The molecule has 2 N–H and O–H groups in total.